The topological polar surface area (TPSA) is 35.6 Å². The second kappa shape index (κ2) is 9.62. The van der Waals surface area contributed by atoms with E-state index in [9.17, 15) is 0 Å². The van der Waals surface area contributed by atoms with Crippen molar-refractivity contribution in [3.63, 3.8) is 0 Å². The third-order valence-electron chi connectivity index (χ3n) is 9.29. The molecule has 0 aliphatic rings. The van der Waals surface area contributed by atoms with Crippen LogP contribution in [0.1, 0.15) is 0 Å². The van der Waals surface area contributed by atoms with Crippen molar-refractivity contribution in [2.24, 2.45) is 0 Å². The van der Waals surface area contributed by atoms with Crippen LogP contribution in [-0.2, 0) is 0 Å². The van der Waals surface area contributed by atoms with Crippen LogP contribution in [-0.4, -0.2) is 19.1 Å². The van der Waals surface area contributed by atoms with Crippen LogP contribution in [0.5, 0.6) is 0 Å². The molecule has 0 amide bonds. The molecule has 3 heterocycles. The quantitative estimate of drug-likeness (QED) is 0.206. The van der Waals surface area contributed by atoms with Crippen LogP contribution in [0.2, 0.25) is 0 Å². The molecule has 0 saturated heterocycles. The lowest BCUT2D eigenvalue weighted by Crippen LogP contribution is -2.03. The van der Waals surface area contributed by atoms with Crippen molar-refractivity contribution >= 4 is 65.4 Å². The first kappa shape index (κ1) is 25.1. The molecule has 4 heteroatoms. The van der Waals surface area contributed by atoms with Gasteiger partial charge in [0, 0.05) is 32.8 Å². The number of nitrogens with zero attached hydrogens (tertiary/aromatic N) is 4. The molecule has 0 atom stereocenters. The predicted molar refractivity (Wildman–Crippen MR) is 191 cm³/mol. The largest absolute Gasteiger partial charge is 0.309 e. The molecule has 7 aromatic carbocycles. The Morgan fingerprint density at radius 1 is 0.391 bits per heavy atom. The summed E-state index contributed by atoms with van der Waals surface area (Å²) >= 11 is 0. The average molecular weight is 587 g/mol. The molecule has 0 aliphatic carbocycles. The number of hydrogen-bond donors (Lipinski definition) is 0. The second-order valence-corrected chi connectivity index (χ2v) is 11.8. The molecule has 46 heavy (non-hydrogen) atoms. The molecular formula is C42H26N4. The molecule has 0 bridgehead atoms. The Hall–Kier alpha value is -6.26. The molecule has 4 nitrogen and oxygen atoms in total. The summed E-state index contributed by atoms with van der Waals surface area (Å²) in [5.41, 5.74) is 9.37. The lowest BCUT2D eigenvalue weighted by molar-refractivity contribution is 1.08. The minimum Gasteiger partial charge on any atom is -0.309 e. The summed E-state index contributed by atoms with van der Waals surface area (Å²) in [5, 5.41) is 7.34. The molecule has 0 aliphatic heterocycles. The Labute approximate surface area is 264 Å². The van der Waals surface area contributed by atoms with Crippen molar-refractivity contribution < 1.29 is 0 Å². The first-order chi connectivity index (χ1) is 22.8. The first-order valence-corrected chi connectivity index (χ1v) is 15.6. The minimum atomic E-state index is 0.824. The normalized spacial score (nSPS) is 11.9. The molecule has 0 unspecified atom stereocenters. The van der Waals surface area contributed by atoms with Gasteiger partial charge in [-0.3, -0.25) is 4.57 Å². The van der Waals surface area contributed by atoms with Crippen molar-refractivity contribution in [1.29, 1.82) is 0 Å². The molecule has 0 N–H and O–H groups in total. The van der Waals surface area contributed by atoms with E-state index >= 15 is 0 Å². The summed E-state index contributed by atoms with van der Waals surface area (Å²) in [6.07, 6.45) is 0. The van der Waals surface area contributed by atoms with Crippen LogP contribution in [0.15, 0.2) is 158 Å². The summed E-state index contributed by atoms with van der Waals surface area (Å²) in [6.45, 7) is 0. The van der Waals surface area contributed by atoms with E-state index < -0.39 is 0 Å². The third-order valence-corrected chi connectivity index (χ3v) is 9.29. The monoisotopic (exact) mass is 586 g/mol. The maximum atomic E-state index is 5.32. The number of benzene rings is 7. The van der Waals surface area contributed by atoms with E-state index in [0.717, 1.165) is 44.8 Å². The van der Waals surface area contributed by atoms with Gasteiger partial charge in [0.05, 0.1) is 33.1 Å². The molecule has 3 aromatic heterocycles. The Kier molecular flexibility index (Phi) is 5.25. The Bertz CT molecular complexity index is 2750. The zero-order chi connectivity index (χ0) is 30.2. The molecule has 0 fully saturated rings. The van der Waals surface area contributed by atoms with E-state index in [1.54, 1.807) is 0 Å². The van der Waals surface area contributed by atoms with Crippen LogP contribution < -0.4 is 0 Å². The fraction of sp³-hybridized carbons (Fsp3) is 0. The number of aromatic nitrogens is 4. The van der Waals surface area contributed by atoms with Crippen LogP contribution in [0.3, 0.4) is 0 Å². The van der Waals surface area contributed by atoms with Gasteiger partial charge in [-0.1, -0.05) is 109 Å². The minimum absolute atomic E-state index is 0.824. The molecule has 214 valence electrons. The van der Waals surface area contributed by atoms with Gasteiger partial charge in [-0.2, -0.15) is 0 Å². The molecule has 0 spiro atoms. The number of fused-ring (bicyclic) bond motifs is 9. The van der Waals surface area contributed by atoms with Crippen molar-refractivity contribution in [2.75, 3.05) is 0 Å². The van der Waals surface area contributed by atoms with Crippen molar-refractivity contribution in [1.82, 2.24) is 19.1 Å². The number of hydrogen-bond acceptors (Lipinski definition) is 2. The summed E-state index contributed by atoms with van der Waals surface area (Å²) in [5.74, 6) is 0.824. The highest BCUT2D eigenvalue weighted by Crippen LogP contribution is 2.41. The highest BCUT2D eigenvalue weighted by molar-refractivity contribution is 6.22. The lowest BCUT2D eigenvalue weighted by atomic mass is 10.0. The van der Waals surface area contributed by atoms with Crippen molar-refractivity contribution in [3.05, 3.63) is 158 Å². The third kappa shape index (κ3) is 3.55. The molecule has 0 radical (unpaired) electrons. The van der Waals surface area contributed by atoms with Crippen LogP contribution in [0.25, 0.3) is 88.2 Å². The molecule has 0 saturated carbocycles. The Morgan fingerprint density at radius 3 is 1.74 bits per heavy atom. The highest BCUT2D eigenvalue weighted by Gasteiger charge is 2.21. The standard InChI is InChI=1S/C42H26N4/c1-2-13-28(14-3-1)41-42(44-35-19-9-8-18-34(35)43-41)46-38-25-23-29(26-33(38)40-30-15-5-4-12-27(30)22-24-39(40)46)45-36-20-10-6-16-31(36)32-17-7-11-21-37(32)45/h1-26H. The van der Waals surface area contributed by atoms with Gasteiger partial charge in [-0.25, -0.2) is 9.97 Å². The number of rotatable bonds is 3. The molecular weight excluding hydrogens is 560 g/mol. The van der Waals surface area contributed by atoms with E-state index in [1.165, 1.54) is 43.4 Å². The van der Waals surface area contributed by atoms with E-state index in [4.69, 9.17) is 9.97 Å². The lowest BCUT2D eigenvalue weighted by Gasteiger charge is -2.14. The zero-order valence-corrected chi connectivity index (χ0v) is 24.8. The smallest absolute Gasteiger partial charge is 0.165 e. The summed E-state index contributed by atoms with van der Waals surface area (Å²) in [7, 11) is 0. The van der Waals surface area contributed by atoms with Gasteiger partial charge in [0.15, 0.2) is 5.82 Å². The van der Waals surface area contributed by atoms with E-state index in [2.05, 4.69) is 137 Å². The van der Waals surface area contributed by atoms with Crippen molar-refractivity contribution in [2.45, 2.75) is 0 Å². The van der Waals surface area contributed by atoms with Gasteiger partial charge in [-0.05, 0) is 59.3 Å². The van der Waals surface area contributed by atoms with Gasteiger partial charge in [-0.15, -0.1) is 0 Å². The summed E-state index contributed by atoms with van der Waals surface area (Å²) < 4.78 is 4.71. The van der Waals surface area contributed by atoms with Crippen molar-refractivity contribution in [3.8, 4) is 22.8 Å². The summed E-state index contributed by atoms with van der Waals surface area (Å²) in [6, 6.07) is 55.9. The van der Waals surface area contributed by atoms with Crippen LogP contribution in [0, 0.1) is 0 Å². The second-order valence-electron chi connectivity index (χ2n) is 11.8. The first-order valence-electron chi connectivity index (χ1n) is 15.6. The Morgan fingerprint density at radius 2 is 0.978 bits per heavy atom. The Balaban J connectivity index is 1.36. The molecule has 10 aromatic rings. The van der Waals surface area contributed by atoms with E-state index in [0.29, 0.717) is 0 Å². The zero-order valence-electron chi connectivity index (χ0n) is 24.8. The van der Waals surface area contributed by atoms with Crippen LogP contribution in [0.4, 0.5) is 0 Å². The maximum absolute atomic E-state index is 5.32. The fourth-order valence-corrected chi connectivity index (χ4v) is 7.28. The van der Waals surface area contributed by atoms with Gasteiger partial charge >= 0.3 is 0 Å². The summed E-state index contributed by atoms with van der Waals surface area (Å²) in [4.78, 5) is 10.5. The molecule has 10 rings (SSSR count). The predicted octanol–water partition coefficient (Wildman–Crippen LogP) is 10.6. The van der Waals surface area contributed by atoms with Gasteiger partial charge < -0.3 is 4.57 Å². The van der Waals surface area contributed by atoms with E-state index in [1.807, 2.05) is 30.3 Å². The maximum Gasteiger partial charge on any atom is 0.165 e. The SMILES string of the molecule is c1ccc(-c2nc3ccccc3nc2-n2c3ccc(-n4c5ccccc5c5ccccc54)cc3c3c4ccccc4ccc32)cc1. The highest BCUT2D eigenvalue weighted by atomic mass is 15.1. The van der Waals surface area contributed by atoms with Gasteiger partial charge in [0.2, 0.25) is 0 Å². The fourth-order valence-electron chi connectivity index (χ4n) is 7.28. The van der Waals surface area contributed by atoms with Crippen LogP contribution >= 0.6 is 0 Å². The van der Waals surface area contributed by atoms with Gasteiger partial charge in [0.25, 0.3) is 0 Å². The average Bonchev–Trinajstić information content (AvgIpc) is 3.64. The van der Waals surface area contributed by atoms with E-state index in [-0.39, 0.29) is 0 Å². The number of para-hydroxylation sites is 4. The van der Waals surface area contributed by atoms with Gasteiger partial charge in [0.1, 0.15) is 5.69 Å².